The Bertz CT molecular complexity index is 901. The van der Waals surface area contributed by atoms with Crippen LogP contribution in [0.2, 0.25) is 0 Å². The molecule has 0 aliphatic carbocycles. The highest BCUT2D eigenvalue weighted by Crippen LogP contribution is 2.35. The highest BCUT2D eigenvalue weighted by atomic mass is 16.2. The average Bonchev–Trinajstić information content (AvgIpc) is 3.17. The number of likely N-dealkylation sites (tertiary alicyclic amines) is 1. The molecular formula is C23H26N4O2. The first-order chi connectivity index (χ1) is 14.1. The van der Waals surface area contributed by atoms with Crippen LogP contribution in [0.1, 0.15) is 34.3 Å². The molecule has 3 aliphatic rings. The Morgan fingerprint density at radius 2 is 1.48 bits per heavy atom. The zero-order valence-electron chi connectivity index (χ0n) is 16.5. The van der Waals surface area contributed by atoms with E-state index in [1.165, 1.54) is 11.1 Å². The molecule has 0 aromatic heterocycles. The Hall–Kier alpha value is -2.86. The van der Waals surface area contributed by atoms with Gasteiger partial charge in [0.05, 0.1) is 0 Å². The lowest BCUT2D eigenvalue weighted by Gasteiger charge is -2.48. The second kappa shape index (κ2) is 7.19. The van der Waals surface area contributed by atoms with E-state index < -0.39 is 0 Å². The van der Waals surface area contributed by atoms with Gasteiger partial charge in [-0.2, -0.15) is 0 Å². The van der Waals surface area contributed by atoms with Gasteiger partial charge in [-0.25, -0.2) is 4.79 Å². The largest absolute Gasteiger partial charge is 0.339 e. The number of nitrogens with zero attached hydrogens (tertiary/aromatic N) is 2. The fraction of sp³-hybridized carbons (Fsp3) is 0.391. The van der Waals surface area contributed by atoms with Crippen molar-refractivity contribution in [2.45, 2.75) is 25.9 Å². The number of amides is 3. The standard InChI is InChI=1S/C23H26N4O2/c28-21(26-11-9-23(10-12-26)15-24-16-23)17-5-7-20(8-6-17)25-22(29)27-13-18-3-1-2-4-19(18)14-27/h1-8,24H,9-16H2,(H,25,29). The maximum atomic E-state index is 12.8. The van der Waals surface area contributed by atoms with Gasteiger partial charge in [-0.1, -0.05) is 24.3 Å². The third-order valence-electron chi connectivity index (χ3n) is 6.62. The first-order valence-corrected chi connectivity index (χ1v) is 10.3. The maximum Gasteiger partial charge on any atom is 0.322 e. The third-order valence-corrected chi connectivity index (χ3v) is 6.62. The van der Waals surface area contributed by atoms with Crippen molar-refractivity contribution in [3.63, 3.8) is 0 Å². The summed E-state index contributed by atoms with van der Waals surface area (Å²) in [6, 6.07) is 15.3. The molecule has 150 valence electrons. The predicted octanol–water partition coefficient (Wildman–Crippen LogP) is 3.06. The van der Waals surface area contributed by atoms with Gasteiger partial charge in [-0.15, -0.1) is 0 Å². The molecule has 0 bridgehead atoms. The van der Waals surface area contributed by atoms with E-state index in [2.05, 4.69) is 22.8 Å². The first kappa shape index (κ1) is 18.2. The van der Waals surface area contributed by atoms with Crippen molar-refractivity contribution < 1.29 is 9.59 Å². The van der Waals surface area contributed by atoms with Crippen LogP contribution in [0.3, 0.4) is 0 Å². The van der Waals surface area contributed by atoms with Gasteiger partial charge >= 0.3 is 6.03 Å². The minimum Gasteiger partial charge on any atom is -0.339 e. The molecule has 2 fully saturated rings. The van der Waals surface area contributed by atoms with E-state index in [1.807, 2.05) is 41.3 Å². The lowest BCUT2D eigenvalue weighted by atomic mass is 9.73. The average molecular weight is 390 g/mol. The summed E-state index contributed by atoms with van der Waals surface area (Å²) in [5.41, 5.74) is 4.22. The topological polar surface area (TPSA) is 64.7 Å². The number of fused-ring (bicyclic) bond motifs is 1. The lowest BCUT2D eigenvalue weighted by molar-refractivity contribution is 0.0415. The van der Waals surface area contributed by atoms with Crippen molar-refractivity contribution in [2.75, 3.05) is 31.5 Å². The summed E-state index contributed by atoms with van der Waals surface area (Å²) in [6.45, 7) is 5.09. The highest BCUT2D eigenvalue weighted by molar-refractivity contribution is 5.95. The smallest absolute Gasteiger partial charge is 0.322 e. The van der Waals surface area contributed by atoms with E-state index in [1.54, 1.807) is 4.90 Å². The second-order valence-electron chi connectivity index (χ2n) is 8.53. The number of urea groups is 1. The van der Waals surface area contributed by atoms with Crippen molar-refractivity contribution in [3.05, 3.63) is 65.2 Å². The van der Waals surface area contributed by atoms with Crippen LogP contribution in [0.4, 0.5) is 10.5 Å². The minimum absolute atomic E-state index is 0.0833. The summed E-state index contributed by atoms with van der Waals surface area (Å²) in [7, 11) is 0. The number of anilines is 1. The summed E-state index contributed by atoms with van der Waals surface area (Å²) in [4.78, 5) is 29.1. The molecule has 3 heterocycles. The molecule has 2 saturated heterocycles. The molecule has 3 aliphatic heterocycles. The number of piperidine rings is 1. The van der Waals surface area contributed by atoms with E-state index in [0.717, 1.165) is 39.0 Å². The van der Waals surface area contributed by atoms with Crippen LogP contribution < -0.4 is 10.6 Å². The molecule has 1 spiro atoms. The van der Waals surface area contributed by atoms with E-state index in [9.17, 15) is 9.59 Å². The molecule has 0 radical (unpaired) electrons. The van der Waals surface area contributed by atoms with Gasteiger partial charge in [0.25, 0.3) is 5.91 Å². The summed E-state index contributed by atoms with van der Waals surface area (Å²) >= 11 is 0. The fourth-order valence-electron chi connectivity index (χ4n) is 4.57. The lowest BCUT2D eigenvalue weighted by Crippen LogP contribution is -2.58. The third kappa shape index (κ3) is 3.49. The Kier molecular flexibility index (Phi) is 4.51. The van der Waals surface area contributed by atoms with Crippen LogP contribution in [-0.2, 0) is 13.1 Å². The van der Waals surface area contributed by atoms with E-state index in [4.69, 9.17) is 0 Å². The van der Waals surface area contributed by atoms with Crippen LogP contribution in [-0.4, -0.2) is 47.9 Å². The van der Waals surface area contributed by atoms with Crippen molar-refractivity contribution in [2.24, 2.45) is 5.41 Å². The molecule has 0 unspecified atom stereocenters. The van der Waals surface area contributed by atoms with Crippen LogP contribution in [0, 0.1) is 5.41 Å². The first-order valence-electron chi connectivity index (χ1n) is 10.3. The Morgan fingerprint density at radius 3 is 2.03 bits per heavy atom. The monoisotopic (exact) mass is 390 g/mol. The number of hydrogen-bond donors (Lipinski definition) is 2. The molecule has 2 aromatic carbocycles. The quantitative estimate of drug-likeness (QED) is 0.828. The fourth-order valence-corrected chi connectivity index (χ4v) is 4.57. The van der Waals surface area contributed by atoms with Crippen LogP contribution >= 0.6 is 0 Å². The molecule has 6 heteroatoms. The number of nitrogens with one attached hydrogen (secondary N) is 2. The molecule has 0 atom stereocenters. The highest BCUT2D eigenvalue weighted by Gasteiger charge is 2.40. The van der Waals surface area contributed by atoms with Crippen molar-refractivity contribution in [1.82, 2.24) is 15.1 Å². The predicted molar refractivity (Wildman–Crippen MR) is 112 cm³/mol. The van der Waals surface area contributed by atoms with Gasteiger partial charge < -0.3 is 20.4 Å². The summed E-state index contributed by atoms with van der Waals surface area (Å²) < 4.78 is 0. The van der Waals surface area contributed by atoms with Gasteiger partial charge in [0.1, 0.15) is 0 Å². The molecule has 3 amide bonds. The van der Waals surface area contributed by atoms with Gasteiger partial charge in [-0.3, -0.25) is 4.79 Å². The van der Waals surface area contributed by atoms with Gasteiger partial charge in [0, 0.05) is 50.5 Å². The normalized spacial score (nSPS) is 19.6. The van der Waals surface area contributed by atoms with Crippen molar-refractivity contribution in [3.8, 4) is 0 Å². The number of benzene rings is 2. The number of rotatable bonds is 2. The van der Waals surface area contributed by atoms with Crippen LogP contribution in [0.25, 0.3) is 0 Å². The number of hydrogen-bond acceptors (Lipinski definition) is 3. The molecule has 2 N–H and O–H groups in total. The number of carbonyl (C=O) groups excluding carboxylic acids is 2. The molecule has 6 nitrogen and oxygen atoms in total. The van der Waals surface area contributed by atoms with Gasteiger partial charge in [0.15, 0.2) is 0 Å². The SMILES string of the molecule is O=C(Nc1ccc(C(=O)N2CCC3(CC2)CNC3)cc1)N1Cc2ccccc2C1. The van der Waals surface area contributed by atoms with E-state index >= 15 is 0 Å². The molecular weight excluding hydrogens is 364 g/mol. The maximum absolute atomic E-state index is 12.8. The Morgan fingerprint density at radius 1 is 0.862 bits per heavy atom. The van der Waals surface area contributed by atoms with Crippen LogP contribution in [0.15, 0.2) is 48.5 Å². The Balaban J connectivity index is 1.17. The van der Waals surface area contributed by atoms with Crippen molar-refractivity contribution >= 4 is 17.6 Å². The molecule has 0 saturated carbocycles. The number of carbonyl (C=O) groups is 2. The van der Waals surface area contributed by atoms with Gasteiger partial charge in [-0.05, 0) is 53.6 Å². The molecule has 5 rings (SSSR count). The van der Waals surface area contributed by atoms with Crippen LogP contribution in [0.5, 0.6) is 0 Å². The van der Waals surface area contributed by atoms with E-state index in [0.29, 0.717) is 29.8 Å². The zero-order chi connectivity index (χ0) is 19.8. The molecule has 2 aromatic rings. The Labute approximate surface area is 170 Å². The van der Waals surface area contributed by atoms with Crippen molar-refractivity contribution in [1.29, 1.82) is 0 Å². The second-order valence-corrected chi connectivity index (χ2v) is 8.53. The summed E-state index contributed by atoms with van der Waals surface area (Å²) in [6.07, 6.45) is 2.16. The molecule has 29 heavy (non-hydrogen) atoms. The summed E-state index contributed by atoms with van der Waals surface area (Å²) in [5.74, 6) is 0.0833. The van der Waals surface area contributed by atoms with E-state index in [-0.39, 0.29) is 11.9 Å². The van der Waals surface area contributed by atoms with Gasteiger partial charge in [0.2, 0.25) is 0 Å². The zero-order valence-corrected chi connectivity index (χ0v) is 16.5. The summed E-state index contributed by atoms with van der Waals surface area (Å²) in [5, 5.41) is 6.30. The minimum atomic E-state index is -0.115.